The highest BCUT2D eigenvalue weighted by Crippen LogP contribution is 2.29. The van der Waals surface area contributed by atoms with E-state index in [1.54, 1.807) is 0 Å². The first kappa shape index (κ1) is 29.0. The summed E-state index contributed by atoms with van der Waals surface area (Å²) < 4.78 is 27.2. The molecular formula is C30H38N3O5P. The van der Waals surface area contributed by atoms with Crippen molar-refractivity contribution in [1.29, 1.82) is 0 Å². The molecule has 0 aliphatic heterocycles. The highest BCUT2D eigenvalue weighted by atomic mass is 31.1. The summed E-state index contributed by atoms with van der Waals surface area (Å²) in [5, 5.41) is 2.14. The van der Waals surface area contributed by atoms with Gasteiger partial charge in [0.2, 0.25) is 0 Å². The van der Waals surface area contributed by atoms with Crippen LogP contribution in [0.15, 0.2) is 48.7 Å². The lowest BCUT2D eigenvalue weighted by Crippen LogP contribution is -2.11. The van der Waals surface area contributed by atoms with Gasteiger partial charge in [0.05, 0.1) is 31.9 Å². The fraction of sp³-hybridized carbons (Fsp3) is 0.400. The monoisotopic (exact) mass is 551 g/mol. The molecule has 0 aliphatic rings. The molecule has 9 heteroatoms. The standard InChI is InChI=1S/C30H38N3O5P/c1-3-4-22-6-10-26-27-18-23(20-32-29(27)30(31)33-28(26)19-22)5-7-24-8-9-25(17-21(24)2)38-14-13-36-11-12-37-15-16-39(34)35/h6,8-10,17-20,39H,3-5,7,11-16H2,1-2H3,(H2,31,33)(H,34,35). The van der Waals surface area contributed by atoms with Crippen molar-refractivity contribution in [3.05, 3.63) is 70.9 Å². The molecule has 0 spiro atoms. The second-order valence-electron chi connectivity index (χ2n) is 9.64. The van der Waals surface area contributed by atoms with Gasteiger partial charge in [0.1, 0.15) is 17.9 Å². The van der Waals surface area contributed by atoms with Gasteiger partial charge in [-0.2, -0.15) is 0 Å². The van der Waals surface area contributed by atoms with Crippen LogP contribution in [0.1, 0.15) is 35.6 Å². The summed E-state index contributed by atoms with van der Waals surface area (Å²) in [6, 6.07) is 14.8. The van der Waals surface area contributed by atoms with Crippen molar-refractivity contribution in [2.75, 3.05) is 44.9 Å². The molecule has 0 bridgehead atoms. The SMILES string of the molecule is CCCc1ccc2c(c1)nc(N)c1ncc(CCc3ccc(OCCOCCOCC[PH](=O)O)cc3C)cc12. The van der Waals surface area contributed by atoms with Gasteiger partial charge in [0, 0.05) is 23.1 Å². The van der Waals surface area contributed by atoms with E-state index in [1.165, 1.54) is 22.3 Å². The van der Waals surface area contributed by atoms with Gasteiger partial charge in [-0.3, -0.25) is 9.55 Å². The normalized spacial score (nSPS) is 12.3. The van der Waals surface area contributed by atoms with E-state index in [0.29, 0.717) is 32.2 Å². The van der Waals surface area contributed by atoms with Gasteiger partial charge in [0.25, 0.3) is 0 Å². The van der Waals surface area contributed by atoms with Crippen LogP contribution in [-0.4, -0.2) is 54.1 Å². The average Bonchev–Trinajstić information content (AvgIpc) is 2.91. The molecule has 0 saturated carbocycles. The van der Waals surface area contributed by atoms with E-state index in [4.69, 9.17) is 24.8 Å². The number of ether oxygens (including phenoxy) is 3. The first-order valence-corrected chi connectivity index (χ1v) is 15.1. The third-order valence-electron chi connectivity index (χ3n) is 6.64. The molecule has 4 aromatic rings. The van der Waals surface area contributed by atoms with E-state index >= 15 is 0 Å². The lowest BCUT2D eigenvalue weighted by atomic mass is 9.99. The van der Waals surface area contributed by atoms with Crippen molar-refractivity contribution in [1.82, 2.24) is 9.97 Å². The van der Waals surface area contributed by atoms with Gasteiger partial charge < -0.3 is 24.8 Å². The first-order valence-electron chi connectivity index (χ1n) is 13.5. The van der Waals surface area contributed by atoms with Gasteiger partial charge in [-0.25, -0.2) is 4.98 Å². The molecule has 39 heavy (non-hydrogen) atoms. The number of hydrogen-bond donors (Lipinski definition) is 2. The number of fused-ring (bicyclic) bond motifs is 3. The number of nitrogen functional groups attached to an aromatic ring is 1. The zero-order chi connectivity index (χ0) is 27.6. The molecule has 0 aliphatic carbocycles. The topological polar surface area (TPSA) is 117 Å². The summed E-state index contributed by atoms with van der Waals surface area (Å²) in [4.78, 5) is 18.0. The molecule has 4 rings (SSSR count). The van der Waals surface area contributed by atoms with Crippen molar-refractivity contribution in [3.63, 3.8) is 0 Å². The Labute approximate surface area is 230 Å². The molecule has 0 radical (unpaired) electrons. The average molecular weight is 552 g/mol. The van der Waals surface area contributed by atoms with Crippen LogP contribution in [0.4, 0.5) is 5.82 Å². The molecule has 2 heterocycles. The van der Waals surface area contributed by atoms with Crippen molar-refractivity contribution in [3.8, 4) is 5.75 Å². The molecule has 1 atom stereocenters. The zero-order valence-corrected chi connectivity index (χ0v) is 23.7. The number of nitrogens with two attached hydrogens (primary N) is 1. The maximum atomic E-state index is 10.6. The maximum absolute atomic E-state index is 10.6. The quantitative estimate of drug-likeness (QED) is 0.116. The lowest BCUT2D eigenvalue weighted by molar-refractivity contribution is 0.0408. The predicted octanol–water partition coefficient (Wildman–Crippen LogP) is 5.29. The van der Waals surface area contributed by atoms with Crippen molar-refractivity contribution in [2.24, 2.45) is 0 Å². The van der Waals surface area contributed by atoms with Crippen molar-refractivity contribution < 1.29 is 23.7 Å². The summed E-state index contributed by atoms with van der Waals surface area (Å²) in [6.07, 6.45) is 5.98. The van der Waals surface area contributed by atoms with Crippen LogP contribution in [0.3, 0.4) is 0 Å². The predicted molar refractivity (Wildman–Crippen MR) is 157 cm³/mol. The van der Waals surface area contributed by atoms with Gasteiger partial charge in [0.15, 0.2) is 13.8 Å². The second kappa shape index (κ2) is 14.4. The third-order valence-corrected chi connectivity index (χ3v) is 7.28. The smallest absolute Gasteiger partial charge is 0.191 e. The Bertz CT molecular complexity index is 1430. The molecule has 0 amide bonds. The summed E-state index contributed by atoms with van der Waals surface area (Å²) in [5.74, 6) is 1.29. The molecule has 208 valence electrons. The highest BCUT2D eigenvalue weighted by Gasteiger charge is 2.10. The minimum absolute atomic E-state index is 0.187. The Balaban J connectivity index is 1.31. The van der Waals surface area contributed by atoms with E-state index < -0.39 is 8.03 Å². The summed E-state index contributed by atoms with van der Waals surface area (Å²) in [5.41, 5.74) is 12.8. The second-order valence-corrected chi connectivity index (χ2v) is 10.9. The van der Waals surface area contributed by atoms with E-state index in [-0.39, 0.29) is 12.8 Å². The fourth-order valence-electron chi connectivity index (χ4n) is 4.60. The van der Waals surface area contributed by atoms with Crippen molar-refractivity contribution >= 4 is 35.7 Å². The van der Waals surface area contributed by atoms with E-state index in [0.717, 1.165) is 53.2 Å². The molecule has 0 fully saturated rings. The summed E-state index contributed by atoms with van der Waals surface area (Å²) >= 11 is 0. The largest absolute Gasteiger partial charge is 0.491 e. The van der Waals surface area contributed by atoms with Crippen LogP contribution >= 0.6 is 8.03 Å². The van der Waals surface area contributed by atoms with E-state index in [2.05, 4.69) is 60.2 Å². The Morgan fingerprint density at radius 1 is 0.897 bits per heavy atom. The van der Waals surface area contributed by atoms with Gasteiger partial charge >= 0.3 is 0 Å². The number of rotatable bonds is 15. The van der Waals surface area contributed by atoms with E-state index in [9.17, 15) is 4.57 Å². The Kier molecular flexibility index (Phi) is 10.7. The van der Waals surface area contributed by atoms with Gasteiger partial charge in [-0.1, -0.05) is 31.5 Å². The van der Waals surface area contributed by atoms with Crippen LogP contribution in [0, 0.1) is 6.92 Å². The lowest BCUT2D eigenvalue weighted by Gasteiger charge is -2.12. The number of anilines is 1. The number of hydrogen-bond acceptors (Lipinski definition) is 7. The van der Waals surface area contributed by atoms with Gasteiger partial charge in [-0.05, 0) is 72.7 Å². The van der Waals surface area contributed by atoms with Gasteiger partial charge in [-0.15, -0.1) is 0 Å². The fourth-order valence-corrected chi connectivity index (χ4v) is 4.92. The molecule has 8 nitrogen and oxygen atoms in total. The maximum Gasteiger partial charge on any atom is 0.191 e. The Morgan fingerprint density at radius 3 is 2.46 bits per heavy atom. The number of aryl methyl sites for hydroxylation is 4. The van der Waals surface area contributed by atoms with Crippen LogP contribution < -0.4 is 10.5 Å². The first-order chi connectivity index (χ1) is 18.9. The van der Waals surface area contributed by atoms with Crippen LogP contribution in [0.5, 0.6) is 5.75 Å². The highest BCUT2D eigenvalue weighted by molar-refractivity contribution is 7.38. The van der Waals surface area contributed by atoms with E-state index in [1.807, 2.05) is 12.3 Å². The van der Waals surface area contributed by atoms with Crippen molar-refractivity contribution in [2.45, 2.75) is 39.5 Å². The molecule has 3 N–H and O–H groups in total. The minimum Gasteiger partial charge on any atom is -0.491 e. The molecule has 1 unspecified atom stereocenters. The number of benzene rings is 2. The zero-order valence-electron chi connectivity index (χ0n) is 22.7. The molecule has 2 aromatic carbocycles. The Morgan fingerprint density at radius 2 is 1.69 bits per heavy atom. The molecular weight excluding hydrogens is 513 g/mol. The third kappa shape index (κ3) is 8.23. The van der Waals surface area contributed by atoms with Crippen LogP contribution in [-0.2, 0) is 33.3 Å². The number of aromatic nitrogens is 2. The Hall–Kier alpha value is -3.03. The number of pyridine rings is 2. The molecule has 2 aromatic heterocycles. The minimum atomic E-state index is -2.45. The number of nitrogens with zero attached hydrogens (tertiary/aromatic N) is 2. The van der Waals surface area contributed by atoms with Crippen LogP contribution in [0.2, 0.25) is 0 Å². The summed E-state index contributed by atoms with van der Waals surface area (Å²) in [6.45, 7) is 6.27. The molecule has 0 saturated heterocycles. The van der Waals surface area contributed by atoms with Crippen LogP contribution in [0.25, 0.3) is 21.8 Å². The summed E-state index contributed by atoms with van der Waals surface area (Å²) in [7, 11) is -2.45.